The molecule has 1 aromatic carbocycles. The molecule has 0 spiro atoms. The van der Waals surface area contributed by atoms with Crippen LogP contribution in [-0.4, -0.2) is 17.8 Å². The molecule has 0 amide bonds. The standard InChI is InChI=1S/C15H18O2/c1-17-12-6-7-13-11(10-12)4-2-8-15(16)9-3-5-14(13)15/h2,4,6-7,10,14,16H,3,5,8-9H2,1H3/t14-,15-/m0/s1. The van der Waals surface area contributed by atoms with Crippen LogP contribution in [0.4, 0.5) is 0 Å². The van der Waals surface area contributed by atoms with Crippen molar-refractivity contribution in [2.45, 2.75) is 37.2 Å². The Hall–Kier alpha value is -1.28. The van der Waals surface area contributed by atoms with E-state index in [4.69, 9.17) is 4.74 Å². The first-order valence-corrected chi connectivity index (χ1v) is 6.30. The first kappa shape index (κ1) is 10.8. The Morgan fingerprint density at radius 2 is 2.29 bits per heavy atom. The summed E-state index contributed by atoms with van der Waals surface area (Å²) < 4.78 is 5.26. The predicted octanol–water partition coefficient (Wildman–Crippen LogP) is 3.11. The van der Waals surface area contributed by atoms with Gasteiger partial charge in [-0.25, -0.2) is 0 Å². The van der Waals surface area contributed by atoms with Gasteiger partial charge in [0, 0.05) is 5.92 Å². The first-order chi connectivity index (χ1) is 8.23. The zero-order chi connectivity index (χ0) is 11.9. The number of rotatable bonds is 1. The molecule has 0 radical (unpaired) electrons. The highest BCUT2D eigenvalue weighted by Crippen LogP contribution is 2.48. The van der Waals surface area contributed by atoms with Crippen LogP contribution < -0.4 is 4.74 Å². The maximum Gasteiger partial charge on any atom is 0.119 e. The number of benzene rings is 1. The molecule has 0 aliphatic heterocycles. The summed E-state index contributed by atoms with van der Waals surface area (Å²) in [5, 5.41) is 10.7. The van der Waals surface area contributed by atoms with E-state index in [2.05, 4.69) is 24.3 Å². The van der Waals surface area contributed by atoms with E-state index in [-0.39, 0.29) is 0 Å². The Morgan fingerprint density at radius 1 is 1.41 bits per heavy atom. The van der Waals surface area contributed by atoms with Crippen molar-refractivity contribution < 1.29 is 9.84 Å². The van der Waals surface area contributed by atoms with Gasteiger partial charge in [0.2, 0.25) is 0 Å². The summed E-state index contributed by atoms with van der Waals surface area (Å²) in [6, 6.07) is 6.18. The maximum atomic E-state index is 10.7. The van der Waals surface area contributed by atoms with Crippen molar-refractivity contribution in [1.29, 1.82) is 0 Å². The largest absolute Gasteiger partial charge is 0.497 e. The van der Waals surface area contributed by atoms with Crippen molar-refractivity contribution in [3.8, 4) is 5.75 Å². The average Bonchev–Trinajstić information content (AvgIpc) is 2.65. The predicted molar refractivity (Wildman–Crippen MR) is 68.2 cm³/mol. The summed E-state index contributed by atoms with van der Waals surface area (Å²) in [6.45, 7) is 0. The van der Waals surface area contributed by atoms with Crippen LogP contribution in [0.3, 0.4) is 0 Å². The fourth-order valence-corrected chi connectivity index (χ4v) is 3.28. The van der Waals surface area contributed by atoms with Crippen molar-refractivity contribution in [2.75, 3.05) is 7.11 Å². The highest BCUT2D eigenvalue weighted by molar-refractivity contribution is 5.59. The monoisotopic (exact) mass is 230 g/mol. The van der Waals surface area contributed by atoms with Gasteiger partial charge in [0.05, 0.1) is 12.7 Å². The minimum Gasteiger partial charge on any atom is -0.497 e. The second-order valence-electron chi connectivity index (χ2n) is 5.15. The highest BCUT2D eigenvalue weighted by atomic mass is 16.5. The molecule has 2 nitrogen and oxygen atoms in total. The molecule has 0 saturated heterocycles. The molecule has 1 N–H and O–H groups in total. The molecule has 0 aromatic heterocycles. The molecule has 1 saturated carbocycles. The number of hydrogen-bond donors (Lipinski definition) is 1. The van der Waals surface area contributed by atoms with Crippen molar-refractivity contribution in [3.63, 3.8) is 0 Å². The van der Waals surface area contributed by atoms with Crippen molar-refractivity contribution in [1.82, 2.24) is 0 Å². The van der Waals surface area contributed by atoms with E-state index in [0.29, 0.717) is 5.92 Å². The van der Waals surface area contributed by atoms with Crippen LogP contribution in [0.25, 0.3) is 6.08 Å². The number of hydrogen-bond acceptors (Lipinski definition) is 2. The number of fused-ring (bicyclic) bond motifs is 3. The third-order valence-electron chi connectivity index (χ3n) is 4.19. The molecule has 2 atom stereocenters. The molecule has 0 bridgehead atoms. The van der Waals surface area contributed by atoms with E-state index < -0.39 is 5.60 Å². The molecule has 0 unspecified atom stereocenters. The quantitative estimate of drug-likeness (QED) is 0.803. The topological polar surface area (TPSA) is 29.5 Å². The van der Waals surface area contributed by atoms with Crippen LogP contribution in [0.1, 0.15) is 42.7 Å². The number of ether oxygens (including phenoxy) is 1. The van der Waals surface area contributed by atoms with Crippen LogP contribution in [0.15, 0.2) is 24.3 Å². The van der Waals surface area contributed by atoms with E-state index in [1.54, 1.807) is 7.11 Å². The average molecular weight is 230 g/mol. The zero-order valence-corrected chi connectivity index (χ0v) is 10.1. The lowest BCUT2D eigenvalue weighted by atomic mass is 9.83. The molecule has 2 aliphatic carbocycles. The van der Waals surface area contributed by atoms with E-state index in [1.807, 2.05) is 6.07 Å². The minimum atomic E-state index is -0.518. The van der Waals surface area contributed by atoms with Gasteiger partial charge in [-0.3, -0.25) is 0 Å². The Kier molecular flexibility index (Phi) is 2.48. The lowest BCUT2D eigenvalue weighted by Gasteiger charge is -2.29. The molecule has 17 heavy (non-hydrogen) atoms. The van der Waals surface area contributed by atoms with Crippen LogP contribution >= 0.6 is 0 Å². The molecule has 90 valence electrons. The fraction of sp³-hybridized carbons (Fsp3) is 0.467. The lowest BCUT2D eigenvalue weighted by Crippen LogP contribution is -2.30. The van der Waals surface area contributed by atoms with Gasteiger partial charge in [-0.2, -0.15) is 0 Å². The first-order valence-electron chi connectivity index (χ1n) is 6.30. The van der Waals surface area contributed by atoms with Gasteiger partial charge in [-0.05, 0) is 48.9 Å². The molecule has 2 aliphatic rings. The Bertz CT molecular complexity index is 464. The summed E-state index contributed by atoms with van der Waals surface area (Å²) in [6.07, 6.45) is 8.14. The molecule has 3 rings (SSSR count). The van der Waals surface area contributed by atoms with Crippen LogP contribution in [0, 0.1) is 0 Å². The van der Waals surface area contributed by atoms with Crippen LogP contribution in [0.2, 0.25) is 0 Å². The molecule has 0 heterocycles. The summed E-state index contributed by atoms with van der Waals surface area (Å²) in [4.78, 5) is 0. The summed E-state index contributed by atoms with van der Waals surface area (Å²) in [7, 11) is 1.69. The normalized spacial score (nSPS) is 30.6. The van der Waals surface area contributed by atoms with E-state index in [1.165, 1.54) is 11.1 Å². The Morgan fingerprint density at radius 3 is 3.12 bits per heavy atom. The van der Waals surface area contributed by atoms with E-state index in [9.17, 15) is 5.11 Å². The van der Waals surface area contributed by atoms with E-state index >= 15 is 0 Å². The summed E-state index contributed by atoms with van der Waals surface area (Å²) in [5.74, 6) is 1.18. The molecule has 2 heteroatoms. The van der Waals surface area contributed by atoms with Gasteiger partial charge in [0.15, 0.2) is 0 Å². The van der Waals surface area contributed by atoms with Crippen LogP contribution in [-0.2, 0) is 0 Å². The maximum absolute atomic E-state index is 10.7. The smallest absolute Gasteiger partial charge is 0.119 e. The van der Waals surface area contributed by atoms with Gasteiger partial charge in [0.1, 0.15) is 5.75 Å². The molecular formula is C15H18O2. The van der Waals surface area contributed by atoms with Gasteiger partial charge < -0.3 is 9.84 Å². The highest BCUT2D eigenvalue weighted by Gasteiger charge is 2.42. The Balaban J connectivity index is 2.10. The molecule has 1 fully saturated rings. The van der Waals surface area contributed by atoms with Gasteiger partial charge in [-0.15, -0.1) is 0 Å². The van der Waals surface area contributed by atoms with Gasteiger partial charge in [-0.1, -0.05) is 18.2 Å². The second-order valence-corrected chi connectivity index (χ2v) is 5.15. The molecular weight excluding hydrogens is 212 g/mol. The Labute approximate surface area is 102 Å². The fourth-order valence-electron chi connectivity index (χ4n) is 3.28. The summed E-state index contributed by atoms with van der Waals surface area (Å²) >= 11 is 0. The summed E-state index contributed by atoms with van der Waals surface area (Å²) in [5.41, 5.74) is 1.96. The number of aliphatic hydroxyl groups is 1. The van der Waals surface area contributed by atoms with Crippen LogP contribution in [0.5, 0.6) is 5.75 Å². The SMILES string of the molecule is COc1ccc2c(c1)C=CC[C@]1(O)CCC[C@@H]21. The van der Waals surface area contributed by atoms with Gasteiger partial charge in [0.25, 0.3) is 0 Å². The van der Waals surface area contributed by atoms with E-state index in [0.717, 1.165) is 31.4 Å². The minimum absolute atomic E-state index is 0.290. The second kappa shape index (κ2) is 3.88. The number of methoxy groups -OCH3 is 1. The zero-order valence-electron chi connectivity index (χ0n) is 10.1. The lowest BCUT2D eigenvalue weighted by molar-refractivity contribution is 0.0337. The third kappa shape index (κ3) is 1.67. The third-order valence-corrected chi connectivity index (χ3v) is 4.19. The van der Waals surface area contributed by atoms with Crippen molar-refractivity contribution in [3.05, 3.63) is 35.4 Å². The van der Waals surface area contributed by atoms with Crippen molar-refractivity contribution >= 4 is 6.08 Å². The van der Waals surface area contributed by atoms with Gasteiger partial charge >= 0.3 is 0 Å². The molecule has 1 aromatic rings. The van der Waals surface area contributed by atoms with Crippen molar-refractivity contribution in [2.24, 2.45) is 0 Å².